The molecule has 0 atom stereocenters. The van der Waals surface area contributed by atoms with E-state index in [1.165, 1.54) is 30.5 Å². The Hall–Kier alpha value is -3.09. The topological polar surface area (TPSA) is 109 Å². The van der Waals surface area contributed by atoms with E-state index >= 15 is 0 Å². The van der Waals surface area contributed by atoms with Crippen molar-refractivity contribution in [3.8, 4) is 5.75 Å². The first kappa shape index (κ1) is 16.8. The van der Waals surface area contributed by atoms with Gasteiger partial charge in [-0.15, -0.1) is 0 Å². The first-order chi connectivity index (χ1) is 12.0. The number of amides is 1. The molecule has 0 saturated carbocycles. The van der Waals surface area contributed by atoms with Gasteiger partial charge in [0.2, 0.25) is 5.91 Å². The quantitative estimate of drug-likeness (QED) is 0.773. The summed E-state index contributed by atoms with van der Waals surface area (Å²) in [6.07, 6.45) is 3.58. The highest BCUT2D eigenvalue weighted by molar-refractivity contribution is 6.00. The zero-order valence-electron chi connectivity index (χ0n) is 13.5. The van der Waals surface area contributed by atoms with Gasteiger partial charge in [-0.2, -0.15) is 0 Å². The molecule has 2 aromatic rings. The molecule has 3 N–H and O–H groups in total. The Kier molecular flexibility index (Phi) is 4.56. The maximum absolute atomic E-state index is 12.1. The van der Waals surface area contributed by atoms with E-state index in [0.717, 1.165) is 12.1 Å². The summed E-state index contributed by atoms with van der Waals surface area (Å²) < 4.78 is 1.76. The van der Waals surface area contributed by atoms with Gasteiger partial charge in [-0.3, -0.25) is 9.59 Å². The molecule has 0 fully saturated rings. The van der Waals surface area contributed by atoms with Gasteiger partial charge < -0.3 is 20.1 Å². The van der Waals surface area contributed by atoms with Gasteiger partial charge in [0, 0.05) is 37.0 Å². The van der Waals surface area contributed by atoms with Gasteiger partial charge in [0.25, 0.3) is 0 Å². The number of aromatic carboxylic acids is 1. The number of carboxylic acid groups (broad SMARTS) is 1. The summed E-state index contributed by atoms with van der Waals surface area (Å²) in [5.74, 6) is -1.33. The van der Waals surface area contributed by atoms with Crippen molar-refractivity contribution in [2.45, 2.75) is 32.2 Å². The molecule has 0 unspecified atom stereocenters. The fourth-order valence-electron chi connectivity index (χ4n) is 3.04. The van der Waals surface area contributed by atoms with Crippen LogP contribution in [-0.4, -0.2) is 32.4 Å². The number of nitrogens with one attached hydrogen (secondary N) is 1. The fourth-order valence-corrected chi connectivity index (χ4v) is 3.04. The monoisotopic (exact) mass is 342 g/mol. The van der Waals surface area contributed by atoms with Crippen molar-refractivity contribution in [2.24, 2.45) is 0 Å². The third-order valence-corrected chi connectivity index (χ3v) is 4.26. The Balaban J connectivity index is 1.62. The van der Waals surface area contributed by atoms with E-state index in [1.807, 2.05) is 0 Å². The summed E-state index contributed by atoms with van der Waals surface area (Å²) in [6, 6.07) is 5.90. The molecule has 3 rings (SSSR count). The number of carboxylic acids is 1. The molecule has 1 aliphatic carbocycles. The molecule has 1 amide bonds. The lowest BCUT2D eigenvalue weighted by Crippen LogP contribution is -2.17. The van der Waals surface area contributed by atoms with Gasteiger partial charge in [-0.05, 0) is 37.1 Å². The molecule has 25 heavy (non-hydrogen) atoms. The third kappa shape index (κ3) is 3.55. The highest BCUT2D eigenvalue weighted by Gasteiger charge is 2.25. The lowest BCUT2D eigenvalue weighted by Gasteiger charge is -2.14. The van der Waals surface area contributed by atoms with Gasteiger partial charge >= 0.3 is 5.97 Å². The summed E-state index contributed by atoms with van der Waals surface area (Å²) in [5.41, 5.74) is 1.84. The van der Waals surface area contributed by atoms with Crippen molar-refractivity contribution < 1.29 is 24.6 Å². The van der Waals surface area contributed by atoms with Crippen LogP contribution in [0.4, 0.5) is 5.69 Å². The van der Waals surface area contributed by atoms with E-state index in [0.29, 0.717) is 30.6 Å². The molecule has 1 heterocycles. The van der Waals surface area contributed by atoms with Crippen molar-refractivity contribution >= 4 is 23.3 Å². The van der Waals surface area contributed by atoms with E-state index in [1.54, 1.807) is 4.57 Å². The fraction of sp³-hybridized carbons (Fsp3) is 0.278. The van der Waals surface area contributed by atoms with Crippen LogP contribution in [0.25, 0.3) is 0 Å². The summed E-state index contributed by atoms with van der Waals surface area (Å²) in [4.78, 5) is 34.8. The van der Waals surface area contributed by atoms with Gasteiger partial charge in [0.05, 0.1) is 11.1 Å². The summed E-state index contributed by atoms with van der Waals surface area (Å²) in [7, 11) is 0. The molecule has 7 heteroatoms. The average Bonchev–Trinajstić information content (AvgIpc) is 2.91. The molecule has 0 spiro atoms. The molecular weight excluding hydrogens is 324 g/mol. The first-order valence-corrected chi connectivity index (χ1v) is 8.03. The maximum Gasteiger partial charge on any atom is 0.335 e. The third-order valence-electron chi connectivity index (χ3n) is 4.26. The molecule has 0 radical (unpaired) electrons. The Morgan fingerprint density at radius 1 is 1.16 bits per heavy atom. The standard InChI is InChI=1S/C18H18N2O5/c21-14-3-1-2-13-17(14)15(22)10-20(13)9-8-16(23)19-12-6-4-11(5-7-12)18(24)25/h4-7,10,22H,1-3,8-9H2,(H,19,23)(H,24,25). The van der Waals surface area contributed by atoms with Crippen LogP contribution in [0, 0.1) is 0 Å². The minimum Gasteiger partial charge on any atom is -0.506 e. The number of aromatic nitrogens is 1. The minimum absolute atomic E-state index is 0.0237. The highest BCUT2D eigenvalue weighted by atomic mass is 16.4. The number of carbonyl (C=O) groups is 3. The van der Waals surface area contributed by atoms with Crippen LogP contribution >= 0.6 is 0 Å². The number of benzene rings is 1. The van der Waals surface area contributed by atoms with E-state index in [4.69, 9.17) is 5.11 Å². The lowest BCUT2D eigenvalue weighted by atomic mass is 9.96. The minimum atomic E-state index is -1.02. The number of nitrogens with zero attached hydrogens (tertiary/aromatic N) is 1. The van der Waals surface area contributed by atoms with E-state index in [2.05, 4.69) is 5.32 Å². The molecule has 0 saturated heterocycles. The largest absolute Gasteiger partial charge is 0.506 e. The Morgan fingerprint density at radius 2 is 1.88 bits per heavy atom. The number of hydrogen-bond acceptors (Lipinski definition) is 4. The maximum atomic E-state index is 12.1. The van der Waals surface area contributed by atoms with Crippen molar-refractivity contribution in [3.63, 3.8) is 0 Å². The summed E-state index contributed by atoms with van der Waals surface area (Å²) >= 11 is 0. The van der Waals surface area contributed by atoms with Crippen molar-refractivity contribution in [1.82, 2.24) is 4.57 Å². The molecule has 1 aromatic carbocycles. The van der Waals surface area contributed by atoms with Crippen molar-refractivity contribution in [2.75, 3.05) is 5.32 Å². The van der Waals surface area contributed by atoms with Crippen LogP contribution in [0.2, 0.25) is 0 Å². The number of hydrogen-bond donors (Lipinski definition) is 3. The van der Waals surface area contributed by atoms with Crippen molar-refractivity contribution in [1.29, 1.82) is 0 Å². The number of Topliss-reactive ketones (excluding diaryl/α,β-unsaturated/α-hetero) is 1. The van der Waals surface area contributed by atoms with E-state index in [-0.39, 0.29) is 29.4 Å². The Morgan fingerprint density at radius 3 is 2.56 bits per heavy atom. The zero-order valence-corrected chi connectivity index (χ0v) is 13.5. The molecular formula is C18H18N2O5. The number of aromatic hydroxyl groups is 1. The van der Waals surface area contributed by atoms with Gasteiger partial charge in [0.15, 0.2) is 5.78 Å². The lowest BCUT2D eigenvalue weighted by molar-refractivity contribution is -0.116. The molecule has 1 aliphatic rings. The average molecular weight is 342 g/mol. The molecule has 7 nitrogen and oxygen atoms in total. The number of fused-ring (bicyclic) bond motifs is 1. The van der Waals surface area contributed by atoms with Crippen LogP contribution in [0.3, 0.4) is 0 Å². The van der Waals surface area contributed by atoms with Crippen LogP contribution in [-0.2, 0) is 17.8 Å². The predicted molar refractivity (Wildman–Crippen MR) is 90.0 cm³/mol. The van der Waals surface area contributed by atoms with Crippen molar-refractivity contribution in [3.05, 3.63) is 47.3 Å². The zero-order chi connectivity index (χ0) is 18.0. The smallest absolute Gasteiger partial charge is 0.335 e. The Labute approximate surface area is 143 Å². The van der Waals surface area contributed by atoms with Crippen LogP contribution in [0.1, 0.15) is 45.7 Å². The number of carbonyl (C=O) groups excluding carboxylic acids is 2. The second kappa shape index (κ2) is 6.80. The number of rotatable bonds is 5. The molecule has 1 aromatic heterocycles. The molecule has 0 aliphatic heterocycles. The van der Waals surface area contributed by atoms with Gasteiger partial charge in [-0.25, -0.2) is 4.79 Å². The summed E-state index contributed by atoms with van der Waals surface area (Å²) in [6.45, 7) is 0.356. The molecule has 0 bridgehead atoms. The van der Waals surface area contributed by atoms with Crippen LogP contribution in [0.15, 0.2) is 30.5 Å². The second-order valence-corrected chi connectivity index (χ2v) is 5.99. The predicted octanol–water partition coefficient (Wildman–Crippen LogP) is 2.44. The van der Waals surface area contributed by atoms with Gasteiger partial charge in [0.1, 0.15) is 5.75 Å². The number of anilines is 1. The SMILES string of the molecule is O=C(CCn1cc(O)c2c1CCCC2=O)Nc1ccc(C(=O)O)cc1. The van der Waals surface area contributed by atoms with Gasteiger partial charge in [-0.1, -0.05) is 0 Å². The summed E-state index contributed by atoms with van der Waals surface area (Å²) in [5, 5.41) is 21.5. The Bertz CT molecular complexity index is 836. The number of ketones is 1. The first-order valence-electron chi connectivity index (χ1n) is 8.03. The molecule has 130 valence electrons. The van der Waals surface area contributed by atoms with Crippen LogP contribution < -0.4 is 5.32 Å². The second-order valence-electron chi connectivity index (χ2n) is 5.99. The van der Waals surface area contributed by atoms with Crippen LogP contribution in [0.5, 0.6) is 5.75 Å². The number of aryl methyl sites for hydroxylation is 1. The van der Waals surface area contributed by atoms with E-state index < -0.39 is 5.97 Å². The van der Waals surface area contributed by atoms with E-state index in [9.17, 15) is 19.5 Å². The highest BCUT2D eigenvalue weighted by Crippen LogP contribution is 2.31. The normalized spacial score (nSPS) is 13.4.